The van der Waals surface area contributed by atoms with Gasteiger partial charge in [-0.1, -0.05) is 6.07 Å². The first-order chi connectivity index (χ1) is 12.8. The van der Waals surface area contributed by atoms with E-state index < -0.39 is 5.82 Å². The standard InChI is InChI=1S/C18H16FN7/c19-15-3-1-4-16(14(15)11-20)24-7-9-25(10-8-24)17-12-21-13-18(23-17)26-6-2-5-22-26/h1-6,12-13H,7-10H2. The number of halogens is 1. The minimum Gasteiger partial charge on any atom is -0.367 e. The van der Waals surface area contributed by atoms with Crippen molar-refractivity contribution in [3.05, 3.63) is 60.4 Å². The number of aromatic nitrogens is 4. The first-order valence-electron chi connectivity index (χ1n) is 8.27. The molecule has 0 amide bonds. The molecule has 3 aromatic rings. The highest BCUT2D eigenvalue weighted by Crippen LogP contribution is 2.24. The van der Waals surface area contributed by atoms with Crippen LogP contribution in [0.4, 0.5) is 15.9 Å². The summed E-state index contributed by atoms with van der Waals surface area (Å²) in [6.45, 7) is 2.76. The molecule has 1 saturated heterocycles. The summed E-state index contributed by atoms with van der Waals surface area (Å²) in [5.41, 5.74) is 0.741. The molecule has 4 rings (SSSR count). The van der Waals surface area contributed by atoms with Crippen molar-refractivity contribution in [3.8, 4) is 11.9 Å². The minimum atomic E-state index is -0.481. The van der Waals surface area contributed by atoms with E-state index in [0.29, 0.717) is 37.7 Å². The molecule has 26 heavy (non-hydrogen) atoms. The van der Waals surface area contributed by atoms with Crippen LogP contribution in [-0.4, -0.2) is 45.9 Å². The van der Waals surface area contributed by atoms with Crippen LogP contribution in [0.5, 0.6) is 0 Å². The van der Waals surface area contributed by atoms with Gasteiger partial charge in [0.05, 0.1) is 18.1 Å². The maximum absolute atomic E-state index is 13.8. The summed E-state index contributed by atoms with van der Waals surface area (Å²) in [6, 6.07) is 8.53. The minimum absolute atomic E-state index is 0.0985. The van der Waals surface area contributed by atoms with Gasteiger partial charge in [-0.2, -0.15) is 10.4 Å². The molecule has 1 aliphatic rings. The molecule has 0 N–H and O–H groups in total. The zero-order valence-corrected chi connectivity index (χ0v) is 14.0. The fourth-order valence-corrected chi connectivity index (χ4v) is 3.08. The van der Waals surface area contributed by atoms with Crippen molar-refractivity contribution < 1.29 is 4.39 Å². The second-order valence-electron chi connectivity index (χ2n) is 5.91. The van der Waals surface area contributed by atoms with E-state index in [2.05, 4.69) is 20.0 Å². The van der Waals surface area contributed by atoms with Crippen LogP contribution in [0.15, 0.2) is 49.1 Å². The van der Waals surface area contributed by atoms with Crippen molar-refractivity contribution in [3.63, 3.8) is 0 Å². The van der Waals surface area contributed by atoms with Crippen molar-refractivity contribution in [2.75, 3.05) is 36.0 Å². The van der Waals surface area contributed by atoms with E-state index in [0.717, 1.165) is 5.82 Å². The van der Waals surface area contributed by atoms with Crippen molar-refractivity contribution in [2.24, 2.45) is 0 Å². The molecular weight excluding hydrogens is 333 g/mol. The van der Waals surface area contributed by atoms with E-state index in [9.17, 15) is 9.65 Å². The largest absolute Gasteiger partial charge is 0.367 e. The topological polar surface area (TPSA) is 73.9 Å². The summed E-state index contributed by atoms with van der Waals surface area (Å²) < 4.78 is 15.5. The average Bonchev–Trinajstić information content (AvgIpc) is 3.23. The molecule has 0 bridgehead atoms. The molecule has 0 saturated carbocycles. The first-order valence-corrected chi connectivity index (χ1v) is 8.27. The Kier molecular flexibility index (Phi) is 4.19. The number of anilines is 2. The Bertz CT molecular complexity index is 940. The second kappa shape index (κ2) is 6.80. The molecule has 3 heterocycles. The number of hydrogen-bond donors (Lipinski definition) is 0. The highest BCUT2D eigenvalue weighted by molar-refractivity contribution is 5.60. The van der Waals surface area contributed by atoms with Gasteiger partial charge in [0.15, 0.2) is 5.82 Å². The van der Waals surface area contributed by atoms with E-state index in [-0.39, 0.29) is 5.56 Å². The van der Waals surface area contributed by atoms with Crippen molar-refractivity contribution in [2.45, 2.75) is 0 Å². The first kappa shape index (κ1) is 16.0. The van der Waals surface area contributed by atoms with Gasteiger partial charge in [0, 0.05) is 38.6 Å². The monoisotopic (exact) mass is 349 g/mol. The SMILES string of the molecule is N#Cc1c(F)cccc1N1CCN(c2cncc(-n3cccn3)n2)CC1. The van der Waals surface area contributed by atoms with Gasteiger partial charge < -0.3 is 9.80 Å². The predicted octanol–water partition coefficient (Wildman–Crippen LogP) is 2.00. The molecule has 130 valence electrons. The molecule has 2 aromatic heterocycles. The maximum atomic E-state index is 13.8. The lowest BCUT2D eigenvalue weighted by Crippen LogP contribution is -2.47. The van der Waals surface area contributed by atoms with Gasteiger partial charge in [-0.05, 0) is 18.2 Å². The number of rotatable bonds is 3. The third-order valence-electron chi connectivity index (χ3n) is 4.40. The van der Waals surface area contributed by atoms with Gasteiger partial charge >= 0.3 is 0 Å². The Morgan fingerprint density at radius 1 is 1.00 bits per heavy atom. The Labute approximate surface area is 149 Å². The Morgan fingerprint density at radius 3 is 2.50 bits per heavy atom. The van der Waals surface area contributed by atoms with Crippen LogP contribution in [-0.2, 0) is 0 Å². The van der Waals surface area contributed by atoms with Crippen molar-refractivity contribution in [1.29, 1.82) is 5.26 Å². The molecule has 0 spiro atoms. The lowest BCUT2D eigenvalue weighted by Gasteiger charge is -2.37. The molecular formula is C18H16FN7. The summed E-state index contributed by atoms with van der Waals surface area (Å²) in [6.07, 6.45) is 6.90. The predicted molar refractivity (Wildman–Crippen MR) is 94.7 cm³/mol. The fraction of sp³-hybridized carbons (Fsp3) is 0.222. The Hall–Kier alpha value is -3.47. The molecule has 0 radical (unpaired) electrons. The maximum Gasteiger partial charge on any atom is 0.173 e. The molecule has 0 aliphatic carbocycles. The average molecular weight is 349 g/mol. The molecule has 8 heteroatoms. The van der Waals surface area contributed by atoms with Crippen LogP contribution in [0.2, 0.25) is 0 Å². The van der Waals surface area contributed by atoms with Gasteiger partial charge in [0.25, 0.3) is 0 Å². The van der Waals surface area contributed by atoms with Gasteiger partial charge in [-0.3, -0.25) is 4.98 Å². The Balaban J connectivity index is 1.50. The van der Waals surface area contributed by atoms with Crippen LogP contribution in [0.3, 0.4) is 0 Å². The smallest absolute Gasteiger partial charge is 0.173 e. The van der Waals surface area contributed by atoms with Gasteiger partial charge in [-0.15, -0.1) is 0 Å². The normalized spacial score (nSPS) is 14.3. The van der Waals surface area contributed by atoms with Crippen LogP contribution < -0.4 is 9.80 Å². The van der Waals surface area contributed by atoms with E-state index in [4.69, 9.17) is 0 Å². The highest BCUT2D eigenvalue weighted by atomic mass is 19.1. The zero-order chi connectivity index (χ0) is 17.9. The number of nitrogens with zero attached hydrogens (tertiary/aromatic N) is 7. The number of benzene rings is 1. The third kappa shape index (κ3) is 2.95. The van der Waals surface area contributed by atoms with E-state index in [1.165, 1.54) is 6.07 Å². The summed E-state index contributed by atoms with van der Waals surface area (Å²) in [5, 5.41) is 13.4. The third-order valence-corrected chi connectivity index (χ3v) is 4.40. The summed E-state index contributed by atoms with van der Waals surface area (Å²) in [7, 11) is 0. The van der Waals surface area contributed by atoms with Crippen molar-refractivity contribution in [1.82, 2.24) is 19.7 Å². The van der Waals surface area contributed by atoms with E-state index in [1.807, 2.05) is 23.2 Å². The lowest BCUT2D eigenvalue weighted by molar-refractivity contribution is 0.615. The lowest BCUT2D eigenvalue weighted by atomic mass is 10.1. The number of hydrogen-bond acceptors (Lipinski definition) is 6. The van der Waals surface area contributed by atoms with Gasteiger partial charge in [0.1, 0.15) is 23.3 Å². The molecule has 7 nitrogen and oxygen atoms in total. The van der Waals surface area contributed by atoms with Gasteiger partial charge in [0.2, 0.25) is 0 Å². The van der Waals surface area contributed by atoms with Crippen LogP contribution in [0.1, 0.15) is 5.56 Å². The highest BCUT2D eigenvalue weighted by Gasteiger charge is 2.22. The fourth-order valence-electron chi connectivity index (χ4n) is 3.08. The molecule has 1 fully saturated rings. The van der Waals surface area contributed by atoms with Crippen LogP contribution in [0.25, 0.3) is 5.82 Å². The van der Waals surface area contributed by atoms with E-state index >= 15 is 0 Å². The molecule has 0 atom stereocenters. The number of piperazine rings is 1. The van der Waals surface area contributed by atoms with Crippen LogP contribution >= 0.6 is 0 Å². The zero-order valence-electron chi connectivity index (χ0n) is 14.0. The van der Waals surface area contributed by atoms with Gasteiger partial charge in [-0.25, -0.2) is 14.1 Å². The Morgan fingerprint density at radius 2 is 1.77 bits per heavy atom. The summed E-state index contributed by atoms with van der Waals surface area (Å²) >= 11 is 0. The van der Waals surface area contributed by atoms with E-state index in [1.54, 1.807) is 35.4 Å². The number of nitriles is 1. The summed E-state index contributed by atoms with van der Waals surface area (Å²) in [5.74, 6) is 0.953. The molecule has 1 aromatic carbocycles. The second-order valence-corrected chi connectivity index (χ2v) is 5.91. The quantitative estimate of drug-likeness (QED) is 0.720. The molecule has 1 aliphatic heterocycles. The van der Waals surface area contributed by atoms with Crippen molar-refractivity contribution >= 4 is 11.5 Å². The summed E-state index contributed by atoms with van der Waals surface area (Å²) in [4.78, 5) is 13.0. The van der Waals surface area contributed by atoms with Crippen LogP contribution in [0, 0.1) is 17.1 Å². The molecule has 0 unspecified atom stereocenters.